The molecule has 1 saturated heterocycles. The summed E-state index contributed by atoms with van der Waals surface area (Å²) in [6.07, 6.45) is -3.02. The van der Waals surface area contributed by atoms with Crippen molar-refractivity contribution in [2.45, 2.75) is 44.3 Å². The van der Waals surface area contributed by atoms with Gasteiger partial charge in [-0.3, -0.25) is 4.79 Å². The zero-order valence-corrected chi connectivity index (χ0v) is 14.4. The molecule has 1 heterocycles. The number of alkyl halides is 3. The Bertz CT molecular complexity index is 624. The first-order valence-electron chi connectivity index (χ1n) is 8.45. The number of ether oxygens (including phenoxy) is 1. The average molecular weight is 373 g/mol. The standard InChI is InChI=1S/C18H22F3NO4/c1-11(12-4-6-14(7-5-12)18(19,20)21)9-15(23)22-16(17(24)25)13-3-2-8-26-10-13/h4-7,11,13,16H,2-3,8-10H2,1H3,(H,22,23)(H,24,25). The predicted octanol–water partition coefficient (Wildman–Crippen LogP) is 3.20. The van der Waals surface area contributed by atoms with E-state index in [1.165, 1.54) is 12.1 Å². The van der Waals surface area contributed by atoms with Gasteiger partial charge in [0.2, 0.25) is 5.91 Å². The predicted molar refractivity (Wildman–Crippen MR) is 87.6 cm³/mol. The van der Waals surface area contributed by atoms with Gasteiger partial charge in [-0.25, -0.2) is 4.79 Å². The molecule has 3 atom stereocenters. The molecule has 0 saturated carbocycles. The van der Waals surface area contributed by atoms with Crippen LogP contribution in [-0.4, -0.2) is 36.2 Å². The van der Waals surface area contributed by atoms with Crippen molar-refractivity contribution in [3.05, 3.63) is 35.4 Å². The fraction of sp³-hybridized carbons (Fsp3) is 0.556. The number of carbonyl (C=O) groups excluding carboxylic acids is 1. The molecule has 0 aliphatic carbocycles. The molecule has 5 nitrogen and oxygen atoms in total. The summed E-state index contributed by atoms with van der Waals surface area (Å²) >= 11 is 0. The van der Waals surface area contributed by atoms with Crippen LogP contribution in [0.4, 0.5) is 13.2 Å². The molecule has 8 heteroatoms. The average Bonchev–Trinajstić information content (AvgIpc) is 2.59. The van der Waals surface area contributed by atoms with Gasteiger partial charge in [0.1, 0.15) is 6.04 Å². The number of halogens is 3. The highest BCUT2D eigenvalue weighted by Crippen LogP contribution is 2.30. The third-order valence-corrected chi connectivity index (χ3v) is 4.55. The van der Waals surface area contributed by atoms with Gasteiger partial charge in [0.25, 0.3) is 0 Å². The van der Waals surface area contributed by atoms with Crippen LogP contribution < -0.4 is 5.32 Å². The monoisotopic (exact) mass is 373 g/mol. The second-order valence-electron chi connectivity index (χ2n) is 6.59. The van der Waals surface area contributed by atoms with Crippen LogP contribution in [0.2, 0.25) is 0 Å². The van der Waals surface area contributed by atoms with Gasteiger partial charge in [-0.15, -0.1) is 0 Å². The highest BCUT2D eigenvalue weighted by molar-refractivity contribution is 5.84. The van der Waals surface area contributed by atoms with Crippen molar-refractivity contribution in [1.82, 2.24) is 5.32 Å². The van der Waals surface area contributed by atoms with Crippen LogP contribution in [0.5, 0.6) is 0 Å². The van der Waals surface area contributed by atoms with Crippen molar-refractivity contribution in [2.75, 3.05) is 13.2 Å². The second-order valence-corrected chi connectivity index (χ2v) is 6.59. The fourth-order valence-electron chi connectivity index (χ4n) is 3.04. The molecule has 144 valence electrons. The third-order valence-electron chi connectivity index (χ3n) is 4.55. The number of benzene rings is 1. The molecule has 26 heavy (non-hydrogen) atoms. The van der Waals surface area contributed by atoms with E-state index in [9.17, 15) is 27.9 Å². The van der Waals surface area contributed by atoms with Gasteiger partial charge in [0, 0.05) is 18.9 Å². The Morgan fingerprint density at radius 1 is 1.31 bits per heavy atom. The highest BCUT2D eigenvalue weighted by Gasteiger charge is 2.32. The molecule has 2 N–H and O–H groups in total. The summed E-state index contributed by atoms with van der Waals surface area (Å²) in [6.45, 7) is 2.58. The fourth-order valence-corrected chi connectivity index (χ4v) is 3.04. The lowest BCUT2D eigenvalue weighted by molar-refractivity contribution is -0.145. The first-order chi connectivity index (χ1) is 12.2. The van der Waals surface area contributed by atoms with Crippen molar-refractivity contribution >= 4 is 11.9 Å². The first kappa shape index (κ1) is 20.2. The molecule has 3 unspecified atom stereocenters. The molecule has 0 bridgehead atoms. The smallest absolute Gasteiger partial charge is 0.416 e. The first-order valence-corrected chi connectivity index (χ1v) is 8.45. The summed E-state index contributed by atoms with van der Waals surface area (Å²) in [5.74, 6) is -2.19. The van der Waals surface area contributed by atoms with Gasteiger partial charge in [0.15, 0.2) is 0 Å². The lowest BCUT2D eigenvalue weighted by atomic mass is 9.92. The van der Waals surface area contributed by atoms with Gasteiger partial charge >= 0.3 is 12.1 Å². The number of aliphatic carboxylic acids is 1. The second kappa shape index (κ2) is 8.53. The summed E-state index contributed by atoms with van der Waals surface area (Å²) in [7, 11) is 0. The van der Waals surface area contributed by atoms with Crippen molar-refractivity contribution in [1.29, 1.82) is 0 Å². The minimum atomic E-state index is -4.41. The molecule has 1 aliphatic heterocycles. The van der Waals surface area contributed by atoms with E-state index in [2.05, 4.69) is 5.32 Å². The summed E-state index contributed by atoms with van der Waals surface area (Å²) < 4.78 is 43.1. The van der Waals surface area contributed by atoms with Crippen LogP contribution in [0.3, 0.4) is 0 Å². The van der Waals surface area contributed by atoms with Crippen molar-refractivity contribution in [2.24, 2.45) is 5.92 Å². The van der Waals surface area contributed by atoms with E-state index in [-0.39, 0.29) is 24.9 Å². The number of carboxylic acids is 1. The largest absolute Gasteiger partial charge is 0.480 e. The molecular formula is C18H22F3NO4. The number of nitrogens with one attached hydrogen (secondary N) is 1. The van der Waals surface area contributed by atoms with E-state index in [0.29, 0.717) is 18.6 Å². The Balaban J connectivity index is 1.95. The Kier molecular flexibility index (Phi) is 6.63. The maximum absolute atomic E-state index is 12.6. The summed E-state index contributed by atoms with van der Waals surface area (Å²) in [5.41, 5.74) is -0.165. The molecule has 0 radical (unpaired) electrons. The van der Waals surface area contributed by atoms with Gasteiger partial charge in [-0.2, -0.15) is 13.2 Å². The third kappa shape index (κ3) is 5.45. The van der Waals surface area contributed by atoms with E-state index >= 15 is 0 Å². The van der Waals surface area contributed by atoms with Gasteiger partial charge in [-0.05, 0) is 36.5 Å². The molecular weight excluding hydrogens is 351 g/mol. The molecule has 0 spiro atoms. The normalized spacial score (nSPS) is 20.2. The van der Waals surface area contributed by atoms with Crippen LogP contribution in [0.1, 0.15) is 43.2 Å². The van der Waals surface area contributed by atoms with Crippen molar-refractivity contribution < 1.29 is 32.6 Å². The van der Waals surface area contributed by atoms with E-state index in [1.54, 1.807) is 6.92 Å². The molecule has 1 aliphatic rings. The zero-order chi connectivity index (χ0) is 19.3. The topological polar surface area (TPSA) is 75.6 Å². The number of hydrogen-bond acceptors (Lipinski definition) is 3. The summed E-state index contributed by atoms with van der Waals surface area (Å²) in [5, 5.41) is 11.9. The molecule has 1 aromatic rings. The molecule has 2 rings (SSSR count). The van der Waals surface area contributed by atoms with Crippen molar-refractivity contribution in [3.63, 3.8) is 0 Å². The molecule has 1 aromatic carbocycles. The van der Waals surface area contributed by atoms with E-state index < -0.39 is 29.7 Å². The maximum atomic E-state index is 12.6. The number of hydrogen-bond donors (Lipinski definition) is 2. The zero-order valence-electron chi connectivity index (χ0n) is 14.4. The molecule has 1 amide bonds. The molecule has 1 fully saturated rings. The van der Waals surface area contributed by atoms with E-state index in [4.69, 9.17) is 4.74 Å². The van der Waals surface area contributed by atoms with E-state index in [1.807, 2.05) is 0 Å². The van der Waals surface area contributed by atoms with Gasteiger partial charge in [0.05, 0.1) is 12.2 Å². The lowest BCUT2D eigenvalue weighted by Crippen LogP contribution is -2.48. The quantitative estimate of drug-likeness (QED) is 0.803. The molecule has 0 aromatic heterocycles. The summed E-state index contributed by atoms with van der Waals surface area (Å²) in [6, 6.07) is 3.60. The number of carbonyl (C=O) groups is 2. The van der Waals surface area contributed by atoms with E-state index in [0.717, 1.165) is 18.6 Å². The highest BCUT2D eigenvalue weighted by atomic mass is 19.4. The minimum absolute atomic E-state index is 0.0112. The number of rotatable bonds is 6. The SMILES string of the molecule is CC(CC(=O)NC(C(=O)O)C1CCCOC1)c1ccc(C(F)(F)F)cc1. The van der Waals surface area contributed by atoms with Crippen LogP contribution in [0.15, 0.2) is 24.3 Å². The Morgan fingerprint density at radius 2 is 1.96 bits per heavy atom. The number of carboxylic acid groups (broad SMARTS) is 1. The van der Waals surface area contributed by atoms with Crippen LogP contribution in [-0.2, 0) is 20.5 Å². The van der Waals surface area contributed by atoms with Crippen molar-refractivity contribution in [3.8, 4) is 0 Å². The maximum Gasteiger partial charge on any atom is 0.416 e. The lowest BCUT2D eigenvalue weighted by Gasteiger charge is -2.28. The Morgan fingerprint density at radius 3 is 2.46 bits per heavy atom. The van der Waals surface area contributed by atoms with Gasteiger partial charge in [-0.1, -0.05) is 19.1 Å². The van der Waals surface area contributed by atoms with Crippen LogP contribution >= 0.6 is 0 Å². The number of amides is 1. The van der Waals surface area contributed by atoms with Crippen LogP contribution in [0, 0.1) is 5.92 Å². The Hall–Kier alpha value is -2.09. The minimum Gasteiger partial charge on any atom is -0.480 e. The Labute approximate surface area is 149 Å². The van der Waals surface area contributed by atoms with Gasteiger partial charge < -0.3 is 15.2 Å². The van der Waals surface area contributed by atoms with Crippen LogP contribution in [0.25, 0.3) is 0 Å². The summed E-state index contributed by atoms with van der Waals surface area (Å²) in [4.78, 5) is 23.7.